The maximum Gasteiger partial charge on any atom is 0.416 e. The number of hydrogen-bond donors (Lipinski definition) is 2. The summed E-state index contributed by atoms with van der Waals surface area (Å²) in [5.74, 6) is -0.0595. The van der Waals surface area contributed by atoms with Gasteiger partial charge in [0.15, 0.2) is 5.16 Å². The van der Waals surface area contributed by atoms with Crippen LogP contribution in [0.4, 0.5) is 24.5 Å². The van der Waals surface area contributed by atoms with Crippen LogP contribution in [-0.4, -0.2) is 37.6 Å². The maximum atomic E-state index is 12.8. The van der Waals surface area contributed by atoms with Crippen molar-refractivity contribution in [1.82, 2.24) is 14.8 Å². The van der Waals surface area contributed by atoms with Crippen molar-refractivity contribution in [3.63, 3.8) is 0 Å². The standard InChI is InChI=1S/C21H18F3N5O2S2/c1-29-17(10-16-19(31)26-14-7-2-3-8-15(14)33-16)27-28-20(29)32-11-18(30)25-13-6-4-5-12(9-13)21(22,23)24/h2-9,16H,10-11H2,1H3,(H,25,30)(H,26,31)/t16-/m1/s1. The Hall–Kier alpha value is -2.99. The minimum absolute atomic E-state index is 0.0613. The lowest BCUT2D eigenvalue weighted by atomic mass is 10.2. The molecular formula is C21H18F3N5O2S2. The first kappa shape index (κ1) is 23.2. The third kappa shape index (κ3) is 5.50. The van der Waals surface area contributed by atoms with Gasteiger partial charge in [0.25, 0.3) is 0 Å². The fourth-order valence-electron chi connectivity index (χ4n) is 3.14. The average molecular weight is 494 g/mol. The highest BCUT2D eigenvalue weighted by Gasteiger charge is 2.31. The van der Waals surface area contributed by atoms with Gasteiger partial charge in [0.2, 0.25) is 11.8 Å². The third-order valence-electron chi connectivity index (χ3n) is 4.81. The summed E-state index contributed by atoms with van der Waals surface area (Å²) in [6.45, 7) is 0. The molecule has 0 saturated heterocycles. The van der Waals surface area contributed by atoms with Crippen molar-refractivity contribution in [3.8, 4) is 0 Å². The maximum absolute atomic E-state index is 12.8. The Morgan fingerprint density at radius 2 is 2.00 bits per heavy atom. The molecule has 2 N–H and O–H groups in total. The van der Waals surface area contributed by atoms with E-state index in [9.17, 15) is 22.8 Å². The number of halogens is 3. The number of amides is 2. The fraction of sp³-hybridized carbons (Fsp3) is 0.238. The zero-order valence-electron chi connectivity index (χ0n) is 17.2. The molecule has 3 aromatic rings. The molecular weight excluding hydrogens is 475 g/mol. The van der Waals surface area contributed by atoms with E-state index in [1.165, 1.54) is 23.9 Å². The SMILES string of the molecule is Cn1c(C[C@H]2Sc3ccccc3NC2=O)nnc1SCC(=O)Nc1cccc(C(F)(F)F)c1. The molecule has 0 radical (unpaired) electrons. The molecule has 1 aliphatic rings. The van der Waals surface area contributed by atoms with E-state index in [1.807, 2.05) is 24.3 Å². The van der Waals surface area contributed by atoms with Gasteiger partial charge in [0.1, 0.15) is 5.82 Å². The van der Waals surface area contributed by atoms with Crippen molar-refractivity contribution in [2.75, 3.05) is 16.4 Å². The molecule has 2 aromatic carbocycles. The molecule has 12 heteroatoms. The molecule has 0 spiro atoms. The Bertz CT molecular complexity index is 1200. The molecule has 2 amide bonds. The highest BCUT2D eigenvalue weighted by atomic mass is 32.2. The zero-order valence-corrected chi connectivity index (χ0v) is 18.9. The second-order valence-electron chi connectivity index (χ2n) is 7.17. The Balaban J connectivity index is 1.35. The number of carbonyl (C=O) groups is 2. The zero-order chi connectivity index (χ0) is 23.6. The van der Waals surface area contributed by atoms with Crippen molar-refractivity contribution >= 4 is 46.7 Å². The first-order valence-corrected chi connectivity index (χ1v) is 11.6. The molecule has 0 unspecified atom stereocenters. The number of alkyl halides is 3. The number of nitrogens with zero attached hydrogens (tertiary/aromatic N) is 3. The molecule has 1 aromatic heterocycles. The largest absolute Gasteiger partial charge is 0.416 e. The van der Waals surface area contributed by atoms with Crippen LogP contribution in [0.3, 0.4) is 0 Å². The van der Waals surface area contributed by atoms with Gasteiger partial charge < -0.3 is 15.2 Å². The van der Waals surface area contributed by atoms with Crippen LogP contribution in [0.25, 0.3) is 0 Å². The number of nitrogens with one attached hydrogen (secondary N) is 2. The Kier molecular flexibility index (Phi) is 6.66. The van der Waals surface area contributed by atoms with Crippen molar-refractivity contribution in [2.45, 2.75) is 27.9 Å². The highest BCUT2D eigenvalue weighted by molar-refractivity contribution is 8.01. The van der Waals surface area contributed by atoms with Crippen LogP contribution in [0.2, 0.25) is 0 Å². The summed E-state index contributed by atoms with van der Waals surface area (Å²) in [5, 5.41) is 13.7. The molecule has 172 valence electrons. The van der Waals surface area contributed by atoms with E-state index >= 15 is 0 Å². The molecule has 4 rings (SSSR count). The summed E-state index contributed by atoms with van der Waals surface area (Å²) >= 11 is 2.56. The lowest BCUT2D eigenvalue weighted by Crippen LogP contribution is -2.31. The molecule has 1 atom stereocenters. The van der Waals surface area contributed by atoms with Gasteiger partial charge in [-0.15, -0.1) is 22.0 Å². The summed E-state index contributed by atoms with van der Waals surface area (Å²) in [6, 6.07) is 12.0. The summed E-state index contributed by atoms with van der Waals surface area (Å²) < 4.78 is 40.2. The number of hydrogen-bond acceptors (Lipinski definition) is 6. The fourth-order valence-corrected chi connectivity index (χ4v) is 4.98. The van der Waals surface area contributed by atoms with Gasteiger partial charge in [-0.05, 0) is 30.3 Å². The van der Waals surface area contributed by atoms with Gasteiger partial charge in [-0.1, -0.05) is 30.0 Å². The molecule has 7 nitrogen and oxygen atoms in total. The Morgan fingerprint density at radius 1 is 1.21 bits per heavy atom. The van der Waals surface area contributed by atoms with E-state index in [-0.39, 0.29) is 22.6 Å². The minimum Gasteiger partial charge on any atom is -0.325 e. The van der Waals surface area contributed by atoms with Gasteiger partial charge in [0.05, 0.1) is 22.3 Å². The molecule has 2 heterocycles. The Morgan fingerprint density at radius 3 is 2.79 bits per heavy atom. The molecule has 0 saturated carbocycles. The first-order valence-electron chi connectivity index (χ1n) is 9.75. The summed E-state index contributed by atoms with van der Waals surface area (Å²) in [7, 11) is 1.74. The van der Waals surface area contributed by atoms with Crippen LogP contribution in [0.5, 0.6) is 0 Å². The number of thioether (sulfide) groups is 2. The van der Waals surface area contributed by atoms with Crippen LogP contribution in [0, 0.1) is 0 Å². The lowest BCUT2D eigenvalue weighted by molar-refractivity contribution is -0.137. The van der Waals surface area contributed by atoms with E-state index < -0.39 is 17.6 Å². The number of fused-ring (bicyclic) bond motifs is 1. The van der Waals surface area contributed by atoms with Crippen molar-refractivity contribution < 1.29 is 22.8 Å². The molecule has 33 heavy (non-hydrogen) atoms. The number of anilines is 2. The molecule has 0 bridgehead atoms. The second-order valence-corrected chi connectivity index (χ2v) is 9.36. The van der Waals surface area contributed by atoms with Crippen molar-refractivity contribution in [2.24, 2.45) is 7.05 Å². The van der Waals surface area contributed by atoms with E-state index in [4.69, 9.17) is 0 Å². The third-order valence-corrected chi connectivity index (χ3v) is 7.10. The normalized spacial score (nSPS) is 15.6. The van der Waals surface area contributed by atoms with Gasteiger partial charge in [-0.25, -0.2) is 0 Å². The second kappa shape index (κ2) is 9.48. The van der Waals surface area contributed by atoms with Crippen LogP contribution in [-0.2, 0) is 29.2 Å². The number of aromatic nitrogens is 3. The highest BCUT2D eigenvalue weighted by Crippen LogP contribution is 2.36. The van der Waals surface area contributed by atoms with E-state index in [0.29, 0.717) is 17.4 Å². The topological polar surface area (TPSA) is 88.9 Å². The average Bonchev–Trinajstić information content (AvgIpc) is 3.11. The van der Waals surface area contributed by atoms with Gasteiger partial charge in [-0.3, -0.25) is 9.59 Å². The van der Waals surface area contributed by atoms with Gasteiger partial charge in [-0.2, -0.15) is 13.2 Å². The van der Waals surface area contributed by atoms with E-state index in [2.05, 4.69) is 20.8 Å². The van der Waals surface area contributed by atoms with Crippen LogP contribution in [0.15, 0.2) is 58.6 Å². The van der Waals surface area contributed by atoms with E-state index in [0.717, 1.165) is 34.5 Å². The first-order chi connectivity index (χ1) is 15.7. The van der Waals surface area contributed by atoms with Crippen molar-refractivity contribution in [1.29, 1.82) is 0 Å². The molecule has 1 aliphatic heterocycles. The van der Waals surface area contributed by atoms with Gasteiger partial charge in [0, 0.05) is 24.1 Å². The predicted molar refractivity (Wildman–Crippen MR) is 120 cm³/mol. The number of para-hydroxylation sites is 1. The predicted octanol–water partition coefficient (Wildman–Crippen LogP) is 4.22. The van der Waals surface area contributed by atoms with E-state index in [1.54, 1.807) is 11.6 Å². The van der Waals surface area contributed by atoms with Crippen molar-refractivity contribution in [3.05, 3.63) is 59.9 Å². The molecule has 0 fully saturated rings. The summed E-state index contributed by atoms with van der Waals surface area (Å²) in [4.78, 5) is 25.6. The minimum atomic E-state index is -4.49. The quantitative estimate of drug-likeness (QED) is 0.500. The van der Waals surface area contributed by atoms with Gasteiger partial charge >= 0.3 is 6.18 Å². The van der Waals surface area contributed by atoms with Crippen LogP contribution in [0.1, 0.15) is 11.4 Å². The summed E-state index contributed by atoms with van der Waals surface area (Å²) in [5.41, 5.74) is 0.0116. The smallest absolute Gasteiger partial charge is 0.325 e. The Labute approximate surface area is 195 Å². The lowest BCUT2D eigenvalue weighted by Gasteiger charge is -2.23. The van der Waals surface area contributed by atoms with Crippen LogP contribution < -0.4 is 10.6 Å². The summed E-state index contributed by atoms with van der Waals surface area (Å²) in [6.07, 6.45) is -4.13. The van der Waals surface area contributed by atoms with Crippen LogP contribution >= 0.6 is 23.5 Å². The monoisotopic (exact) mass is 493 g/mol. The number of rotatable bonds is 6. The number of benzene rings is 2. The molecule has 0 aliphatic carbocycles. The number of carbonyl (C=O) groups excluding carboxylic acids is 2.